The van der Waals surface area contributed by atoms with Gasteiger partial charge in [-0.15, -0.1) is 0 Å². The Bertz CT molecular complexity index is 2190. The summed E-state index contributed by atoms with van der Waals surface area (Å²) >= 11 is 0. The maximum Gasteiger partial charge on any atom is 0.0538 e. The fourth-order valence-corrected chi connectivity index (χ4v) is 7.66. The first-order valence-electron chi connectivity index (χ1n) is 16.1. The lowest BCUT2D eigenvalue weighted by Crippen LogP contribution is -2.08. The second-order valence-corrected chi connectivity index (χ2v) is 14.7. The Kier molecular flexibility index (Phi) is 7.49. The van der Waals surface area contributed by atoms with Gasteiger partial charge in [0.15, 0.2) is 0 Å². The maximum atomic E-state index is 2.53. The van der Waals surface area contributed by atoms with Crippen LogP contribution in [0.25, 0.3) is 61.6 Å². The fraction of sp³-hybridized carbons (Fsp3) is 0.0909. The van der Waals surface area contributed by atoms with Gasteiger partial charge in [0.05, 0.1) is 5.52 Å². The topological polar surface area (TPSA) is 4.93 Å². The summed E-state index contributed by atoms with van der Waals surface area (Å²) in [4.78, 5) is 0. The van der Waals surface area contributed by atoms with Gasteiger partial charge in [-0.25, -0.2) is 0 Å². The van der Waals surface area contributed by atoms with Crippen molar-refractivity contribution in [2.75, 3.05) is 13.3 Å². The van der Waals surface area contributed by atoms with Gasteiger partial charge in [0.2, 0.25) is 0 Å². The zero-order valence-corrected chi connectivity index (χ0v) is 27.2. The molecule has 1 nitrogen and oxygen atoms in total. The Hall–Kier alpha value is -4.97. The molecule has 0 saturated heterocycles. The van der Waals surface area contributed by atoms with E-state index in [-0.39, 0.29) is 7.92 Å². The van der Waals surface area contributed by atoms with E-state index in [1.807, 2.05) is 0 Å². The first-order chi connectivity index (χ1) is 22.6. The Morgan fingerprint density at radius 2 is 1.02 bits per heavy atom. The van der Waals surface area contributed by atoms with Crippen LogP contribution in [0.3, 0.4) is 0 Å². The first kappa shape index (κ1) is 28.5. The van der Waals surface area contributed by atoms with Crippen molar-refractivity contribution < 1.29 is 0 Å². The van der Waals surface area contributed by atoms with E-state index in [0.717, 1.165) is 12.8 Å². The van der Waals surface area contributed by atoms with Crippen molar-refractivity contribution in [3.63, 3.8) is 0 Å². The molecule has 0 unspecified atom stereocenters. The number of benzene rings is 6. The highest BCUT2D eigenvalue weighted by Crippen LogP contribution is 2.41. The summed E-state index contributed by atoms with van der Waals surface area (Å²) in [6.45, 7) is 4.68. The second kappa shape index (κ2) is 12.1. The van der Waals surface area contributed by atoms with Crippen LogP contribution in [0.5, 0.6) is 0 Å². The molecule has 6 aromatic carbocycles. The third kappa shape index (κ3) is 5.32. The van der Waals surface area contributed by atoms with E-state index in [2.05, 4.69) is 176 Å². The summed E-state index contributed by atoms with van der Waals surface area (Å²) in [5.74, 6) is 0. The zero-order chi connectivity index (χ0) is 31.0. The van der Waals surface area contributed by atoms with E-state index in [0.29, 0.717) is 0 Å². The number of allylic oxidation sites excluding steroid dienone is 1. The SMILES string of the molecule is CP(C)c1cccc(-n2c3c(c4cc(-c5ccc(-c6ccccc6)cc5)ccc42)C=C(c2ccc(-c4ccccc4)cc2)CC3)c1. The minimum atomic E-state index is -0.180. The zero-order valence-electron chi connectivity index (χ0n) is 26.3. The number of fused-ring (bicyclic) bond motifs is 3. The molecule has 46 heavy (non-hydrogen) atoms. The average Bonchev–Trinajstić information content (AvgIpc) is 3.45. The van der Waals surface area contributed by atoms with Crippen molar-refractivity contribution in [2.24, 2.45) is 0 Å². The summed E-state index contributed by atoms with van der Waals surface area (Å²) in [5.41, 5.74) is 15.5. The van der Waals surface area contributed by atoms with E-state index in [1.54, 1.807) is 0 Å². The number of hydrogen-bond acceptors (Lipinski definition) is 0. The van der Waals surface area contributed by atoms with Crippen molar-refractivity contribution in [2.45, 2.75) is 12.8 Å². The average molecular weight is 610 g/mol. The normalized spacial score (nSPS) is 12.7. The largest absolute Gasteiger partial charge is 0.313 e. The molecule has 0 atom stereocenters. The van der Waals surface area contributed by atoms with Gasteiger partial charge in [0.25, 0.3) is 0 Å². The van der Waals surface area contributed by atoms with Crippen LogP contribution in [-0.2, 0) is 6.42 Å². The third-order valence-electron chi connectivity index (χ3n) is 9.35. The standard InChI is InChI=1S/C44H36NP/c1-46(2)40-15-9-14-39(30-40)45-43-26-24-37(35-20-16-33(17-21-35)31-10-5-3-6-11-31)28-41(43)42-29-38(25-27-44(42)45)36-22-18-34(19-23-36)32-12-7-4-8-13-32/h3-24,26,28-30H,25,27H2,1-2H3. The summed E-state index contributed by atoms with van der Waals surface area (Å²) in [6.07, 6.45) is 4.50. The van der Waals surface area contributed by atoms with Crippen molar-refractivity contribution in [3.05, 3.63) is 168 Å². The molecule has 0 radical (unpaired) electrons. The van der Waals surface area contributed by atoms with E-state index >= 15 is 0 Å². The smallest absolute Gasteiger partial charge is 0.0538 e. The molecule has 0 aliphatic heterocycles. The summed E-state index contributed by atoms with van der Waals surface area (Å²) < 4.78 is 2.53. The lowest BCUT2D eigenvalue weighted by atomic mass is 9.90. The van der Waals surface area contributed by atoms with Crippen molar-refractivity contribution >= 4 is 35.8 Å². The quantitative estimate of drug-likeness (QED) is 0.165. The Morgan fingerprint density at radius 1 is 0.478 bits per heavy atom. The van der Waals surface area contributed by atoms with Crippen molar-refractivity contribution in [1.82, 2.24) is 4.57 Å². The molecule has 2 heteroatoms. The van der Waals surface area contributed by atoms with E-state index < -0.39 is 0 Å². The summed E-state index contributed by atoms with van der Waals surface area (Å²) in [6, 6.07) is 55.6. The molecule has 0 bridgehead atoms. The predicted octanol–water partition coefficient (Wildman–Crippen LogP) is 11.5. The van der Waals surface area contributed by atoms with Crippen LogP contribution in [0.15, 0.2) is 152 Å². The predicted molar refractivity (Wildman–Crippen MR) is 201 cm³/mol. The maximum absolute atomic E-state index is 2.53. The number of hydrogen-bond donors (Lipinski definition) is 0. The van der Waals surface area contributed by atoms with Gasteiger partial charge in [-0.2, -0.15) is 0 Å². The second-order valence-electron chi connectivity index (χ2n) is 12.4. The number of rotatable bonds is 6. The highest BCUT2D eigenvalue weighted by atomic mass is 31.1. The molecule has 0 amide bonds. The van der Waals surface area contributed by atoms with Crippen LogP contribution in [0.4, 0.5) is 0 Å². The molecule has 0 fully saturated rings. The molecule has 1 aromatic heterocycles. The Morgan fingerprint density at radius 3 is 1.63 bits per heavy atom. The fourth-order valence-electron chi connectivity index (χ4n) is 6.88. The van der Waals surface area contributed by atoms with E-state index in [1.165, 1.54) is 77.7 Å². The third-order valence-corrected chi connectivity index (χ3v) is 10.7. The molecule has 1 heterocycles. The molecular formula is C44H36NP. The van der Waals surface area contributed by atoms with Crippen LogP contribution in [-0.4, -0.2) is 17.9 Å². The molecule has 222 valence electrons. The molecule has 0 N–H and O–H groups in total. The monoisotopic (exact) mass is 609 g/mol. The molecule has 7 aromatic rings. The lowest BCUT2D eigenvalue weighted by Gasteiger charge is -2.19. The lowest BCUT2D eigenvalue weighted by molar-refractivity contribution is 0.898. The molecular weight excluding hydrogens is 573 g/mol. The van der Waals surface area contributed by atoms with Crippen molar-refractivity contribution in [3.8, 4) is 39.1 Å². The molecule has 8 rings (SSSR count). The molecule has 1 aliphatic rings. The molecule has 0 saturated carbocycles. The van der Waals surface area contributed by atoms with Gasteiger partial charge < -0.3 is 4.57 Å². The van der Waals surface area contributed by atoms with Crippen molar-refractivity contribution in [1.29, 1.82) is 0 Å². The van der Waals surface area contributed by atoms with Crippen LogP contribution in [0, 0.1) is 0 Å². The Labute approximate surface area is 273 Å². The molecule has 1 aliphatic carbocycles. The van der Waals surface area contributed by atoms with Crippen LogP contribution < -0.4 is 5.30 Å². The van der Waals surface area contributed by atoms with Crippen LogP contribution in [0.2, 0.25) is 0 Å². The summed E-state index contributed by atoms with van der Waals surface area (Å²) in [5, 5.41) is 2.75. The van der Waals surface area contributed by atoms with E-state index in [4.69, 9.17) is 0 Å². The number of nitrogens with zero attached hydrogens (tertiary/aromatic N) is 1. The number of aromatic nitrogens is 1. The van der Waals surface area contributed by atoms with Gasteiger partial charge in [0.1, 0.15) is 0 Å². The highest BCUT2D eigenvalue weighted by molar-refractivity contribution is 7.64. The Balaban J connectivity index is 1.24. The first-order valence-corrected chi connectivity index (χ1v) is 18.3. The van der Waals surface area contributed by atoms with Gasteiger partial charge in [0, 0.05) is 22.3 Å². The van der Waals surface area contributed by atoms with Gasteiger partial charge in [-0.1, -0.05) is 135 Å². The van der Waals surface area contributed by atoms with E-state index in [9.17, 15) is 0 Å². The molecule has 0 spiro atoms. The van der Waals surface area contributed by atoms with Gasteiger partial charge >= 0.3 is 0 Å². The van der Waals surface area contributed by atoms with Gasteiger partial charge in [-0.3, -0.25) is 0 Å². The highest BCUT2D eigenvalue weighted by Gasteiger charge is 2.23. The van der Waals surface area contributed by atoms with Gasteiger partial charge in [-0.05, 0) is 106 Å². The van der Waals surface area contributed by atoms with Crippen LogP contribution >= 0.6 is 7.92 Å². The minimum Gasteiger partial charge on any atom is -0.313 e. The van der Waals surface area contributed by atoms with Crippen LogP contribution in [0.1, 0.15) is 23.2 Å². The minimum absolute atomic E-state index is 0.180. The summed E-state index contributed by atoms with van der Waals surface area (Å²) in [7, 11) is -0.180.